The number of esters is 1. The summed E-state index contributed by atoms with van der Waals surface area (Å²) < 4.78 is 40.2. The Labute approximate surface area is 336 Å². The van der Waals surface area contributed by atoms with E-state index in [-0.39, 0.29) is 49.8 Å². The predicted octanol–water partition coefficient (Wildman–Crippen LogP) is 6.11. The van der Waals surface area contributed by atoms with E-state index in [1.165, 1.54) is 19.1 Å². The van der Waals surface area contributed by atoms with Gasteiger partial charge in [-0.25, -0.2) is 9.18 Å². The van der Waals surface area contributed by atoms with Gasteiger partial charge >= 0.3 is 5.97 Å². The number of ketones is 2. The summed E-state index contributed by atoms with van der Waals surface area (Å²) in [6.45, 7) is 10.6. The van der Waals surface area contributed by atoms with Gasteiger partial charge < -0.3 is 34.1 Å². The molecule has 2 N–H and O–H groups in total. The molecule has 0 aromatic carbocycles. The second kappa shape index (κ2) is 20.7. The normalized spacial score (nSPS) is 39.9. The highest BCUT2D eigenvalue weighted by Gasteiger charge is 2.56. The fourth-order valence-electron chi connectivity index (χ4n) is 9.25. The summed E-state index contributed by atoms with van der Waals surface area (Å²) in [6, 6.07) is -1.72. The largest absolute Gasteiger partial charge is 0.456 e. The SMILES string of the molecule is CCC1C=C(C)C(F)C(C)CC(OC)C2OC(O)(C(=O)C(=O)N3CCCCC3C(=O)OC(C(C)=CC3CCC(O)C(N=[N+]=[N-])C3)C(C)CCC1=O)C(C)CC2OC. The van der Waals surface area contributed by atoms with E-state index in [2.05, 4.69) is 10.0 Å². The number of rotatable bonds is 6. The number of fused-ring (bicyclic) bond motifs is 3. The minimum absolute atomic E-state index is 0.0658. The highest BCUT2D eigenvalue weighted by atomic mass is 19.1. The molecule has 3 heterocycles. The summed E-state index contributed by atoms with van der Waals surface area (Å²) in [7, 11) is 2.89. The molecule has 1 saturated carbocycles. The third kappa shape index (κ3) is 10.9. The number of cyclic esters (lactones) is 1. The number of carbonyl (C=O) groups is 4. The molecular weight excluding hydrogens is 739 g/mol. The lowest BCUT2D eigenvalue weighted by Crippen LogP contribution is -2.64. The molecular formula is C42H65FN4O10. The van der Waals surface area contributed by atoms with Crippen molar-refractivity contribution in [2.75, 3.05) is 20.8 Å². The number of hydrogen-bond donors (Lipinski definition) is 2. The van der Waals surface area contributed by atoms with E-state index in [4.69, 9.17) is 24.5 Å². The minimum Gasteiger partial charge on any atom is -0.456 e. The van der Waals surface area contributed by atoms with E-state index in [1.807, 2.05) is 26.8 Å². The van der Waals surface area contributed by atoms with E-state index in [9.17, 15) is 29.4 Å². The van der Waals surface area contributed by atoms with Crippen LogP contribution in [-0.4, -0.2) is 114 Å². The van der Waals surface area contributed by atoms with Crippen molar-refractivity contribution in [1.82, 2.24) is 4.90 Å². The highest BCUT2D eigenvalue weighted by Crippen LogP contribution is 2.39. The van der Waals surface area contributed by atoms with Gasteiger partial charge in [-0.15, -0.1) is 0 Å². The Morgan fingerprint density at radius 1 is 1.05 bits per heavy atom. The number of Topliss-reactive ketones (excluding diaryl/α,β-unsaturated/α-hetero) is 2. The van der Waals surface area contributed by atoms with Gasteiger partial charge in [-0.3, -0.25) is 14.4 Å². The van der Waals surface area contributed by atoms with Crippen LogP contribution in [0, 0.1) is 29.6 Å². The van der Waals surface area contributed by atoms with Gasteiger partial charge in [0.05, 0.1) is 24.4 Å². The maximum Gasteiger partial charge on any atom is 0.329 e. The molecule has 2 bridgehead atoms. The van der Waals surface area contributed by atoms with Crippen LogP contribution in [0.1, 0.15) is 112 Å². The Bertz CT molecular complexity index is 1550. The summed E-state index contributed by atoms with van der Waals surface area (Å²) in [5.41, 5.74) is 10.1. The van der Waals surface area contributed by atoms with Crippen molar-refractivity contribution < 1.29 is 52.7 Å². The molecule has 2 saturated heterocycles. The first-order valence-corrected chi connectivity index (χ1v) is 20.8. The fourth-order valence-corrected chi connectivity index (χ4v) is 9.25. The zero-order chi connectivity index (χ0) is 42.2. The fraction of sp³-hybridized carbons (Fsp3) is 0.810. The first kappa shape index (κ1) is 46.5. The quantitative estimate of drug-likeness (QED) is 0.0789. The Morgan fingerprint density at radius 3 is 2.39 bits per heavy atom. The summed E-state index contributed by atoms with van der Waals surface area (Å²) in [5.74, 6) is -8.16. The molecule has 3 fully saturated rings. The van der Waals surface area contributed by atoms with Gasteiger partial charge in [0.1, 0.15) is 30.2 Å². The molecule has 0 aromatic rings. The first-order chi connectivity index (χ1) is 27.0. The van der Waals surface area contributed by atoms with Gasteiger partial charge in [-0.1, -0.05) is 45.0 Å². The molecule has 4 aliphatic rings. The van der Waals surface area contributed by atoms with Crippen molar-refractivity contribution in [2.24, 2.45) is 34.7 Å². The number of carbonyl (C=O) groups excluding carboxylic acids is 4. The van der Waals surface area contributed by atoms with Crippen LogP contribution >= 0.6 is 0 Å². The number of amides is 1. The maximum absolute atomic E-state index is 16.2. The maximum atomic E-state index is 16.2. The van der Waals surface area contributed by atoms with Crippen LogP contribution in [0.25, 0.3) is 10.4 Å². The number of ether oxygens (including phenoxy) is 4. The molecule has 14 atom stereocenters. The Morgan fingerprint density at radius 2 is 1.74 bits per heavy atom. The van der Waals surface area contributed by atoms with Crippen LogP contribution in [0.3, 0.4) is 0 Å². The summed E-state index contributed by atoms with van der Waals surface area (Å²) >= 11 is 0. The minimum atomic E-state index is -2.58. The van der Waals surface area contributed by atoms with Crippen LogP contribution in [0.15, 0.2) is 28.4 Å². The molecule has 1 amide bonds. The average molecular weight is 805 g/mol. The Kier molecular flexibility index (Phi) is 16.9. The van der Waals surface area contributed by atoms with Crippen LogP contribution in [0.2, 0.25) is 0 Å². The van der Waals surface area contributed by atoms with Gasteiger partial charge in [-0.2, -0.15) is 0 Å². The Balaban J connectivity index is 1.76. The number of alkyl halides is 1. The molecule has 3 aliphatic heterocycles. The van der Waals surface area contributed by atoms with Crippen molar-refractivity contribution in [3.63, 3.8) is 0 Å². The molecule has 0 radical (unpaired) electrons. The second-order valence-corrected chi connectivity index (χ2v) is 17.0. The first-order valence-electron chi connectivity index (χ1n) is 20.8. The molecule has 15 heteroatoms. The lowest BCUT2D eigenvalue weighted by Gasteiger charge is -2.47. The summed E-state index contributed by atoms with van der Waals surface area (Å²) in [5, 5.41) is 26.2. The standard InChI is InChI=1S/C42H65FN4O10/c1-9-29-19-24(3)36(43)25(4)20-34(54-7)38-35(55-8)21-27(6)42(53,57-38)39(50)40(51)47-17-11-10-12-31(47)41(52)56-37(23(2)13-15-32(29)48)26(5)18-28-14-16-33(49)30(22-28)45-46-44/h18-19,23,25,27-31,33-38,49,53H,9-17,20-22H2,1-8H3. The van der Waals surface area contributed by atoms with Crippen molar-refractivity contribution in [2.45, 2.75) is 167 Å². The average Bonchev–Trinajstić information content (AvgIpc) is 3.20. The smallest absolute Gasteiger partial charge is 0.329 e. The molecule has 57 heavy (non-hydrogen) atoms. The number of aliphatic hydroxyl groups is 2. The zero-order valence-electron chi connectivity index (χ0n) is 35.0. The number of hydrogen-bond acceptors (Lipinski definition) is 11. The van der Waals surface area contributed by atoms with Gasteiger partial charge in [-0.05, 0) is 112 Å². The predicted molar refractivity (Wildman–Crippen MR) is 209 cm³/mol. The van der Waals surface area contributed by atoms with Gasteiger partial charge in [0, 0.05) is 43.9 Å². The van der Waals surface area contributed by atoms with Crippen molar-refractivity contribution in [3.05, 3.63) is 33.7 Å². The van der Waals surface area contributed by atoms with Crippen molar-refractivity contribution >= 4 is 23.4 Å². The second-order valence-electron chi connectivity index (χ2n) is 17.0. The van der Waals surface area contributed by atoms with Crippen molar-refractivity contribution in [3.8, 4) is 0 Å². The highest BCUT2D eigenvalue weighted by molar-refractivity contribution is 6.39. The summed E-state index contributed by atoms with van der Waals surface area (Å²) in [6.07, 6.45) is 2.08. The molecule has 0 aromatic heterocycles. The topological polar surface area (TPSA) is 198 Å². The zero-order valence-corrected chi connectivity index (χ0v) is 35.0. The number of halogens is 1. The van der Waals surface area contributed by atoms with Crippen LogP contribution in [-0.2, 0) is 38.1 Å². The van der Waals surface area contributed by atoms with Crippen molar-refractivity contribution in [1.29, 1.82) is 0 Å². The number of piperidine rings is 1. The number of allylic oxidation sites excluding steroid dienone is 3. The number of azide groups is 1. The molecule has 1 aliphatic carbocycles. The molecule has 14 nitrogen and oxygen atoms in total. The molecule has 14 unspecified atom stereocenters. The number of nitrogens with zero attached hydrogens (tertiary/aromatic N) is 4. The molecule has 320 valence electrons. The number of aliphatic hydroxyl groups excluding tert-OH is 1. The lowest BCUT2D eigenvalue weighted by atomic mass is 9.81. The monoisotopic (exact) mass is 804 g/mol. The van der Waals surface area contributed by atoms with Crippen LogP contribution < -0.4 is 0 Å². The summed E-state index contributed by atoms with van der Waals surface area (Å²) in [4.78, 5) is 60.4. The van der Waals surface area contributed by atoms with E-state index < -0.39 is 90.0 Å². The van der Waals surface area contributed by atoms with E-state index in [0.717, 1.165) is 0 Å². The molecule has 4 rings (SSSR count). The van der Waals surface area contributed by atoms with Gasteiger partial charge in [0.2, 0.25) is 5.79 Å². The third-order valence-electron chi connectivity index (χ3n) is 12.9. The number of methoxy groups -OCH3 is 2. The van der Waals surface area contributed by atoms with Crippen LogP contribution in [0.4, 0.5) is 4.39 Å². The van der Waals surface area contributed by atoms with Gasteiger partial charge in [0.25, 0.3) is 11.7 Å². The van der Waals surface area contributed by atoms with Gasteiger partial charge in [0.15, 0.2) is 0 Å². The van der Waals surface area contributed by atoms with Crippen LogP contribution in [0.5, 0.6) is 0 Å². The Hall–Kier alpha value is -3.20. The van der Waals surface area contributed by atoms with E-state index in [1.54, 1.807) is 26.8 Å². The molecule has 0 spiro atoms. The third-order valence-corrected chi connectivity index (χ3v) is 12.9. The van der Waals surface area contributed by atoms with E-state index in [0.29, 0.717) is 56.1 Å². The van der Waals surface area contributed by atoms with E-state index >= 15 is 4.39 Å². The lowest BCUT2D eigenvalue weighted by molar-refractivity contribution is -0.302.